The quantitative estimate of drug-likeness (QED) is 0.820. The van der Waals surface area contributed by atoms with Crippen molar-refractivity contribution >= 4 is 5.91 Å². The molecule has 0 aromatic carbocycles. The van der Waals surface area contributed by atoms with E-state index in [1.165, 1.54) is 0 Å². The summed E-state index contributed by atoms with van der Waals surface area (Å²) in [5.41, 5.74) is 3.44. The van der Waals surface area contributed by atoms with Gasteiger partial charge in [0.15, 0.2) is 0 Å². The van der Waals surface area contributed by atoms with Gasteiger partial charge in [0, 0.05) is 30.8 Å². The summed E-state index contributed by atoms with van der Waals surface area (Å²) in [6.45, 7) is 4.84. The second-order valence-electron chi connectivity index (χ2n) is 4.55. The van der Waals surface area contributed by atoms with Gasteiger partial charge in [0.25, 0.3) is 5.91 Å². The number of carbonyl (C=O) groups excluding carboxylic acids is 1. The molecule has 2 aromatic heterocycles. The third-order valence-corrected chi connectivity index (χ3v) is 3.33. The lowest BCUT2D eigenvalue weighted by molar-refractivity contribution is 0.0732. The number of aromatic nitrogens is 3. The highest BCUT2D eigenvalue weighted by atomic mass is 16.5. The van der Waals surface area contributed by atoms with E-state index in [1.807, 2.05) is 4.90 Å². The molecule has 0 fully saturated rings. The Morgan fingerprint density at radius 2 is 2.33 bits per heavy atom. The van der Waals surface area contributed by atoms with Crippen LogP contribution in [-0.4, -0.2) is 32.7 Å². The Labute approximate surface area is 104 Å². The minimum absolute atomic E-state index is 0.0156. The molecule has 0 atom stereocenters. The van der Waals surface area contributed by atoms with Gasteiger partial charge < -0.3 is 9.42 Å². The van der Waals surface area contributed by atoms with Gasteiger partial charge in [0.2, 0.25) is 0 Å². The summed E-state index contributed by atoms with van der Waals surface area (Å²) in [7, 11) is 0. The van der Waals surface area contributed by atoms with Gasteiger partial charge in [0.1, 0.15) is 11.3 Å². The predicted molar refractivity (Wildman–Crippen MR) is 63.0 cm³/mol. The number of aryl methyl sites for hydroxylation is 2. The van der Waals surface area contributed by atoms with Crippen LogP contribution in [0.4, 0.5) is 0 Å². The summed E-state index contributed by atoms with van der Waals surface area (Å²) in [5.74, 6) is 0.564. The van der Waals surface area contributed by atoms with Crippen LogP contribution >= 0.6 is 0 Å². The van der Waals surface area contributed by atoms with Crippen LogP contribution in [-0.2, 0) is 13.0 Å². The van der Waals surface area contributed by atoms with Crippen LogP contribution in [0, 0.1) is 13.8 Å². The molecule has 1 aliphatic heterocycles. The van der Waals surface area contributed by atoms with Crippen molar-refractivity contribution in [2.75, 3.05) is 6.54 Å². The number of hydrogen-bond acceptors (Lipinski definition) is 4. The van der Waals surface area contributed by atoms with Crippen LogP contribution in [0.15, 0.2) is 10.7 Å². The Morgan fingerprint density at radius 3 is 3.06 bits per heavy atom. The fourth-order valence-electron chi connectivity index (χ4n) is 2.34. The standard InChI is InChI=1S/C12H14N4O2/c1-7-11(8(2)18-15-7)12(17)16-4-3-10-9(6-16)5-13-14-10/h5H,3-4,6H2,1-2H3,(H,13,14). The van der Waals surface area contributed by atoms with E-state index >= 15 is 0 Å². The molecule has 94 valence electrons. The van der Waals surface area contributed by atoms with Gasteiger partial charge in [0.05, 0.1) is 11.9 Å². The average Bonchev–Trinajstić information content (AvgIpc) is 2.94. The zero-order chi connectivity index (χ0) is 12.7. The maximum absolute atomic E-state index is 12.4. The summed E-state index contributed by atoms with van der Waals surface area (Å²) in [6.07, 6.45) is 2.59. The molecule has 2 aromatic rings. The second-order valence-corrected chi connectivity index (χ2v) is 4.55. The first-order valence-electron chi connectivity index (χ1n) is 5.90. The van der Waals surface area contributed by atoms with E-state index < -0.39 is 0 Å². The molecule has 0 bridgehead atoms. The van der Waals surface area contributed by atoms with E-state index in [4.69, 9.17) is 4.52 Å². The van der Waals surface area contributed by atoms with Gasteiger partial charge >= 0.3 is 0 Å². The Morgan fingerprint density at radius 1 is 1.50 bits per heavy atom. The van der Waals surface area contributed by atoms with Crippen molar-refractivity contribution in [1.82, 2.24) is 20.3 Å². The summed E-state index contributed by atoms with van der Waals surface area (Å²) in [4.78, 5) is 14.2. The summed E-state index contributed by atoms with van der Waals surface area (Å²) in [6, 6.07) is 0. The molecule has 3 heterocycles. The molecule has 0 saturated heterocycles. The minimum Gasteiger partial charge on any atom is -0.361 e. The molecule has 0 spiro atoms. The number of nitrogens with zero attached hydrogens (tertiary/aromatic N) is 3. The first-order chi connectivity index (χ1) is 8.66. The van der Waals surface area contributed by atoms with Crippen molar-refractivity contribution in [2.24, 2.45) is 0 Å². The van der Waals surface area contributed by atoms with E-state index in [9.17, 15) is 4.79 Å². The molecule has 6 heteroatoms. The van der Waals surface area contributed by atoms with Gasteiger partial charge in [-0.2, -0.15) is 5.10 Å². The lowest BCUT2D eigenvalue weighted by Gasteiger charge is -2.26. The molecule has 0 saturated carbocycles. The number of H-pyrrole nitrogens is 1. The fraction of sp³-hybridized carbons (Fsp3) is 0.417. The first-order valence-corrected chi connectivity index (χ1v) is 5.90. The van der Waals surface area contributed by atoms with E-state index in [-0.39, 0.29) is 5.91 Å². The smallest absolute Gasteiger partial charge is 0.259 e. The monoisotopic (exact) mass is 246 g/mol. The highest BCUT2D eigenvalue weighted by Crippen LogP contribution is 2.21. The van der Waals surface area contributed by atoms with Crippen LogP contribution in [0.25, 0.3) is 0 Å². The van der Waals surface area contributed by atoms with Crippen molar-refractivity contribution in [2.45, 2.75) is 26.8 Å². The molecule has 6 nitrogen and oxygen atoms in total. The largest absolute Gasteiger partial charge is 0.361 e. The van der Waals surface area contributed by atoms with Gasteiger partial charge in [-0.15, -0.1) is 0 Å². The third kappa shape index (κ3) is 1.61. The molecular formula is C12H14N4O2. The molecule has 1 aliphatic rings. The Bertz CT molecular complexity index is 579. The molecule has 0 aliphatic carbocycles. The van der Waals surface area contributed by atoms with Crippen molar-refractivity contribution in [3.63, 3.8) is 0 Å². The van der Waals surface area contributed by atoms with Gasteiger partial charge in [-0.1, -0.05) is 5.16 Å². The Balaban J connectivity index is 1.87. The number of fused-ring (bicyclic) bond motifs is 1. The highest BCUT2D eigenvalue weighted by molar-refractivity contribution is 5.96. The third-order valence-electron chi connectivity index (χ3n) is 3.33. The number of rotatable bonds is 1. The Hall–Kier alpha value is -2.11. The number of amides is 1. The van der Waals surface area contributed by atoms with Crippen LogP contribution in [0.3, 0.4) is 0 Å². The normalized spacial score (nSPS) is 14.7. The maximum Gasteiger partial charge on any atom is 0.259 e. The van der Waals surface area contributed by atoms with Crippen molar-refractivity contribution in [3.05, 3.63) is 34.5 Å². The summed E-state index contributed by atoms with van der Waals surface area (Å²) < 4.78 is 5.05. The SMILES string of the molecule is Cc1noc(C)c1C(=O)N1CCc2[nH]ncc2C1. The maximum atomic E-state index is 12.4. The predicted octanol–water partition coefficient (Wildman–Crippen LogP) is 1.21. The van der Waals surface area contributed by atoms with Crippen molar-refractivity contribution in [3.8, 4) is 0 Å². The van der Waals surface area contributed by atoms with Crippen molar-refractivity contribution in [1.29, 1.82) is 0 Å². The lowest BCUT2D eigenvalue weighted by Crippen LogP contribution is -2.36. The number of hydrogen-bond donors (Lipinski definition) is 1. The van der Waals surface area contributed by atoms with Crippen LogP contribution in [0.2, 0.25) is 0 Å². The van der Waals surface area contributed by atoms with E-state index in [0.29, 0.717) is 30.1 Å². The summed E-state index contributed by atoms with van der Waals surface area (Å²) in [5, 5.41) is 10.8. The molecule has 0 radical (unpaired) electrons. The number of carbonyl (C=O) groups is 1. The van der Waals surface area contributed by atoms with Crippen LogP contribution in [0.5, 0.6) is 0 Å². The highest BCUT2D eigenvalue weighted by Gasteiger charge is 2.27. The molecule has 1 N–H and O–H groups in total. The van der Waals surface area contributed by atoms with Crippen LogP contribution < -0.4 is 0 Å². The van der Waals surface area contributed by atoms with Crippen LogP contribution in [0.1, 0.15) is 33.1 Å². The van der Waals surface area contributed by atoms with E-state index in [0.717, 1.165) is 17.7 Å². The topological polar surface area (TPSA) is 75.0 Å². The number of aromatic amines is 1. The van der Waals surface area contributed by atoms with Crippen molar-refractivity contribution < 1.29 is 9.32 Å². The minimum atomic E-state index is -0.0156. The second kappa shape index (κ2) is 3.97. The lowest BCUT2D eigenvalue weighted by atomic mass is 10.1. The first kappa shape index (κ1) is 11.0. The summed E-state index contributed by atoms with van der Waals surface area (Å²) >= 11 is 0. The Kier molecular flexibility index (Phi) is 2.43. The van der Waals surface area contributed by atoms with E-state index in [2.05, 4.69) is 15.4 Å². The number of nitrogens with one attached hydrogen (secondary N) is 1. The van der Waals surface area contributed by atoms with E-state index in [1.54, 1.807) is 20.0 Å². The molecular weight excluding hydrogens is 232 g/mol. The molecule has 3 rings (SSSR count). The molecule has 1 amide bonds. The van der Waals surface area contributed by atoms with Gasteiger partial charge in [-0.3, -0.25) is 9.89 Å². The van der Waals surface area contributed by atoms with Gasteiger partial charge in [-0.25, -0.2) is 0 Å². The molecule has 18 heavy (non-hydrogen) atoms. The van der Waals surface area contributed by atoms with Gasteiger partial charge in [-0.05, 0) is 13.8 Å². The zero-order valence-electron chi connectivity index (χ0n) is 10.4. The zero-order valence-corrected chi connectivity index (χ0v) is 10.4. The fourth-order valence-corrected chi connectivity index (χ4v) is 2.34. The molecule has 0 unspecified atom stereocenters. The average molecular weight is 246 g/mol.